The van der Waals surface area contributed by atoms with Crippen molar-refractivity contribution >= 4 is 17.2 Å². The summed E-state index contributed by atoms with van der Waals surface area (Å²) in [5.74, 6) is 0. The van der Waals surface area contributed by atoms with Gasteiger partial charge in [-0.1, -0.05) is 49.5 Å². The normalized spacial score (nSPS) is 22.6. The molecule has 1 aromatic rings. The maximum atomic E-state index is 5.82. The number of likely N-dealkylation sites (N-methyl/N-ethyl adjacent to an activating group) is 1. The summed E-state index contributed by atoms with van der Waals surface area (Å²) >= 11 is 5.16. The molecule has 1 heterocycles. The van der Waals surface area contributed by atoms with Gasteiger partial charge >= 0.3 is 0 Å². The molecule has 110 valence electrons. The van der Waals surface area contributed by atoms with Crippen molar-refractivity contribution in [3.8, 4) is 0 Å². The Bertz CT molecular complexity index is 435. The lowest BCUT2D eigenvalue weighted by atomic mass is 10.00. The molecule has 4 heteroatoms. The summed E-state index contributed by atoms with van der Waals surface area (Å²) in [6, 6.07) is 11.5. The molecular weight excluding hydrogens is 266 g/mol. The first kappa shape index (κ1) is 15.4. The molecule has 2 atom stereocenters. The zero-order chi connectivity index (χ0) is 14.5. The van der Waals surface area contributed by atoms with E-state index >= 15 is 0 Å². The first-order valence-corrected chi connectivity index (χ1v) is 7.84. The quantitative estimate of drug-likeness (QED) is 0.845. The number of nitrogens with two attached hydrogens (primary N) is 1. The zero-order valence-corrected chi connectivity index (χ0v) is 13.3. The second-order valence-electron chi connectivity index (χ2n) is 5.57. The lowest BCUT2D eigenvalue weighted by Crippen LogP contribution is -2.52. The van der Waals surface area contributed by atoms with Gasteiger partial charge in [0, 0.05) is 38.1 Å². The summed E-state index contributed by atoms with van der Waals surface area (Å²) in [4.78, 5) is 5.66. The second kappa shape index (κ2) is 7.16. The van der Waals surface area contributed by atoms with Crippen LogP contribution < -0.4 is 5.73 Å². The Morgan fingerprint density at radius 2 is 2.05 bits per heavy atom. The Morgan fingerprint density at radius 1 is 1.35 bits per heavy atom. The third-order valence-electron chi connectivity index (χ3n) is 4.22. The molecule has 0 aliphatic carbocycles. The fraction of sp³-hybridized carbons (Fsp3) is 0.562. The van der Waals surface area contributed by atoms with Crippen LogP contribution in [0.15, 0.2) is 30.3 Å². The van der Waals surface area contributed by atoms with Crippen molar-refractivity contribution in [2.45, 2.75) is 32.4 Å². The van der Waals surface area contributed by atoms with E-state index in [0.29, 0.717) is 17.1 Å². The van der Waals surface area contributed by atoms with E-state index < -0.39 is 0 Å². The number of rotatable bonds is 5. The van der Waals surface area contributed by atoms with Gasteiger partial charge in [0.05, 0.1) is 4.99 Å². The topological polar surface area (TPSA) is 32.5 Å². The molecule has 0 bridgehead atoms. The van der Waals surface area contributed by atoms with Gasteiger partial charge in [-0.25, -0.2) is 0 Å². The maximum absolute atomic E-state index is 5.82. The van der Waals surface area contributed by atoms with E-state index in [1.165, 1.54) is 5.56 Å². The molecule has 1 aliphatic rings. The van der Waals surface area contributed by atoms with Crippen LogP contribution in [0.3, 0.4) is 0 Å². The molecule has 2 N–H and O–H groups in total. The van der Waals surface area contributed by atoms with Gasteiger partial charge in [0.25, 0.3) is 0 Å². The monoisotopic (exact) mass is 291 g/mol. The number of hydrogen-bond acceptors (Lipinski definition) is 3. The predicted octanol–water partition coefficient (Wildman–Crippen LogP) is 2.43. The fourth-order valence-corrected chi connectivity index (χ4v) is 3.26. The Hall–Kier alpha value is -0.970. The van der Waals surface area contributed by atoms with Crippen molar-refractivity contribution < 1.29 is 0 Å². The van der Waals surface area contributed by atoms with E-state index in [9.17, 15) is 0 Å². The highest BCUT2D eigenvalue weighted by atomic mass is 32.1. The third kappa shape index (κ3) is 3.78. The Morgan fingerprint density at radius 3 is 2.60 bits per heavy atom. The summed E-state index contributed by atoms with van der Waals surface area (Å²) in [5, 5.41) is 0. The molecule has 2 unspecified atom stereocenters. The van der Waals surface area contributed by atoms with Gasteiger partial charge in [0.2, 0.25) is 0 Å². The molecule has 1 aliphatic heterocycles. The summed E-state index contributed by atoms with van der Waals surface area (Å²) in [6.45, 7) is 8.95. The largest absolute Gasteiger partial charge is 0.393 e. The van der Waals surface area contributed by atoms with E-state index in [1.54, 1.807) is 0 Å². The minimum atomic E-state index is 0.315. The molecule has 1 fully saturated rings. The Labute approximate surface area is 127 Å². The smallest absolute Gasteiger partial charge is 0.0746 e. The molecule has 0 aromatic heterocycles. The van der Waals surface area contributed by atoms with Crippen LogP contribution in [0.2, 0.25) is 0 Å². The van der Waals surface area contributed by atoms with Crippen molar-refractivity contribution in [2.24, 2.45) is 5.73 Å². The minimum Gasteiger partial charge on any atom is -0.393 e. The van der Waals surface area contributed by atoms with Gasteiger partial charge in [0.1, 0.15) is 0 Å². The summed E-state index contributed by atoms with van der Waals surface area (Å²) in [5.41, 5.74) is 7.14. The highest BCUT2D eigenvalue weighted by Gasteiger charge is 2.28. The molecule has 0 spiro atoms. The van der Waals surface area contributed by atoms with Crippen LogP contribution in [0.1, 0.15) is 31.9 Å². The summed E-state index contributed by atoms with van der Waals surface area (Å²) < 4.78 is 0. The van der Waals surface area contributed by atoms with Gasteiger partial charge in [-0.15, -0.1) is 0 Å². The lowest BCUT2D eigenvalue weighted by molar-refractivity contribution is 0.0603. The average Bonchev–Trinajstić information content (AvgIpc) is 2.45. The van der Waals surface area contributed by atoms with Crippen molar-refractivity contribution in [1.29, 1.82) is 0 Å². The number of nitrogens with zero attached hydrogens (tertiary/aromatic N) is 2. The van der Waals surface area contributed by atoms with Crippen LogP contribution in [0.5, 0.6) is 0 Å². The molecule has 3 nitrogen and oxygen atoms in total. The van der Waals surface area contributed by atoms with Crippen molar-refractivity contribution in [3.63, 3.8) is 0 Å². The highest BCUT2D eigenvalue weighted by Crippen LogP contribution is 2.27. The van der Waals surface area contributed by atoms with Gasteiger partial charge in [-0.2, -0.15) is 0 Å². The third-order valence-corrected chi connectivity index (χ3v) is 4.39. The van der Waals surface area contributed by atoms with E-state index in [0.717, 1.165) is 32.6 Å². The SMILES string of the molecule is CCN1CCN(C(CC(N)=S)c2ccccc2)CC1C. The first-order chi connectivity index (χ1) is 9.61. The molecule has 0 radical (unpaired) electrons. The standard InChI is InChI=1S/C16H25N3S/c1-3-18-9-10-19(12-13(18)2)15(11-16(17)20)14-7-5-4-6-8-14/h4-8,13,15H,3,9-12H2,1-2H3,(H2,17,20). The average molecular weight is 291 g/mol. The van der Waals surface area contributed by atoms with Crippen LogP contribution in [0, 0.1) is 0 Å². The van der Waals surface area contributed by atoms with Crippen LogP contribution in [-0.2, 0) is 0 Å². The number of piperazine rings is 1. The summed E-state index contributed by atoms with van der Waals surface area (Å²) in [7, 11) is 0. The Kier molecular flexibility index (Phi) is 5.52. The van der Waals surface area contributed by atoms with Crippen LogP contribution in [-0.4, -0.2) is 47.0 Å². The molecule has 0 saturated carbocycles. The Balaban J connectivity index is 2.14. The van der Waals surface area contributed by atoms with Crippen molar-refractivity contribution in [2.75, 3.05) is 26.2 Å². The molecular formula is C16H25N3S. The van der Waals surface area contributed by atoms with Crippen LogP contribution in [0.25, 0.3) is 0 Å². The number of hydrogen-bond donors (Lipinski definition) is 1. The maximum Gasteiger partial charge on any atom is 0.0746 e. The molecule has 1 aromatic carbocycles. The number of benzene rings is 1. The van der Waals surface area contributed by atoms with E-state index in [-0.39, 0.29) is 0 Å². The number of thiocarbonyl (C=S) groups is 1. The molecule has 2 rings (SSSR count). The van der Waals surface area contributed by atoms with Crippen molar-refractivity contribution in [3.05, 3.63) is 35.9 Å². The van der Waals surface area contributed by atoms with E-state index in [1.807, 2.05) is 0 Å². The second-order valence-corrected chi connectivity index (χ2v) is 6.09. The van der Waals surface area contributed by atoms with E-state index in [2.05, 4.69) is 54.0 Å². The fourth-order valence-electron chi connectivity index (χ4n) is 3.10. The highest BCUT2D eigenvalue weighted by molar-refractivity contribution is 7.80. The van der Waals surface area contributed by atoms with Gasteiger partial charge in [-0.3, -0.25) is 9.80 Å². The van der Waals surface area contributed by atoms with Crippen molar-refractivity contribution in [1.82, 2.24) is 9.80 Å². The molecule has 0 amide bonds. The molecule has 1 saturated heterocycles. The predicted molar refractivity (Wildman–Crippen MR) is 88.9 cm³/mol. The van der Waals surface area contributed by atoms with E-state index in [4.69, 9.17) is 18.0 Å². The summed E-state index contributed by atoms with van der Waals surface area (Å²) in [6.07, 6.45) is 0.762. The molecule has 20 heavy (non-hydrogen) atoms. The van der Waals surface area contributed by atoms with Crippen LogP contribution >= 0.6 is 12.2 Å². The van der Waals surface area contributed by atoms with Gasteiger partial charge in [0.15, 0.2) is 0 Å². The minimum absolute atomic E-state index is 0.315. The first-order valence-electron chi connectivity index (χ1n) is 7.43. The van der Waals surface area contributed by atoms with Gasteiger partial charge in [-0.05, 0) is 19.0 Å². The van der Waals surface area contributed by atoms with Gasteiger partial charge < -0.3 is 5.73 Å². The van der Waals surface area contributed by atoms with Crippen LogP contribution in [0.4, 0.5) is 0 Å². The lowest BCUT2D eigenvalue weighted by Gasteiger charge is -2.43. The zero-order valence-electron chi connectivity index (χ0n) is 12.5.